The van der Waals surface area contributed by atoms with E-state index in [1.165, 1.54) is 0 Å². The second kappa shape index (κ2) is 8.56. The largest absolute Gasteiger partial charge is 1.00 e. The number of Topliss-reactive ketones (excluding diaryl/α,β-unsaturated/α-hetero) is 2. The smallest absolute Gasteiger partial charge is 0.227 e. The molecule has 2 rings (SSSR count). The SMILES string of the molecule is CN(C)CC(=O)c1cc[n+](CC(=O)c2ccccc2)cc1.[Br-]. The Morgan fingerprint density at radius 1 is 0.909 bits per heavy atom. The molecule has 1 aromatic heterocycles. The van der Waals surface area contributed by atoms with Crippen LogP contribution in [0.4, 0.5) is 0 Å². The Balaban J connectivity index is 0.00000242. The summed E-state index contributed by atoms with van der Waals surface area (Å²) in [7, 11) is 3.72. The standard InChI is InChI=1S/C17H19N2O2.BrH/c1-18(2)12-16(20)15-8-10-19(11-9-15)13-17(21)14-6-4-3-5-7-14;/h3-11H,12-13H2,1-2H3;1H/q+1;/p-1. The molecule has 0 N–H and O–H groups in total. The van der Waals surface area contributed by atoms with Gasteiger partial charge in [0.15, 0.2) is 18.2 Å². The molecule has 4 nitrogen and oxygen atoms in total. The third-order valence-corrected chi connectivity index (χ3v) is 3.09. The Morgan fingerprint density at radius 3 is 2.00 bits per heavy atom. The van der Waals surface area contributed by atoms with Crippen LogP contribution in [0.25, 0.3) is 0 Å². The van der Waals surface area contributed by atoms with E-state index in [1.54, 1.807) is 41.2 Å². The number of aromatic nitrogens is 1. The molecule has 5 heteroatoms. The van der Waals surface area contributed by atoms with Crippen molar-refractivity contribution in [2.75, 3.05) is 20.6 Å². The molecule has 0 saturated heterocycles. The molecule has 2 aromatic rings. The number of benzene rings is 1. The zero-order valence-corrected chi connectivity index (χ0v) is 14.3. The van der Waals surface area contributed by atoms with Crippen LogP contribution in [0.5, 0.6) is 0 Å². The molecule has 0 saturated carbocycles. The van der Waals surface area contributed by atoms with Crippen LogP contribution in [0, 0.1) is 0 Å². The lowest BCUT2D eigenvalue weighted by Crippen LogP contribution is -3.00. The summed E-state index contributed by atoms with van der Waals surface area (Å²) in [5, 5.41) is 0. The van der Waals surface area contributed by atoms with Crippen LogP contribution in [-0.2, 0) is 6.54 Å². The molecule has 0 aliphatic rings. The van der Waals surface area contributed by atoms with Crippen molar-refractivity contribution in [3.8, 4) is 0 Å². The van der Waals surface area contributed by atoms with Crippen LogP contribution in [0.1, 0.15) is 20.7 Å². The molecule has 0 amide bonds. The Bertz CT molecular complexity index is 625. The molecule has 1 aromatic carbocycles. The topological polar surface area (TPSA) is 41.3 Å². The van der Waals surface area contributed by atoms with Crippen molar-refractivity contribution in [1.82, 2.24) is 4.90 Å². The van der Waals surface area contributed by atoms with Crippen molar-refractivity contribution < 1.29 is 31.1 Å². The highest BCUT2D eigenvalue weighted by atomic mass is 79.9. The lowest BCUT2D eigenvalue weighted by atomic mass is 10.1. The number of nitrogens with zero attached hydrogens (tertiary/aromatic N) is 2. The Hall–Kier alpha value is -1.85. The summed E-state index contributed by atoms with van der Waals surface area (Å²) in [5.41, 5.74) is 1.35. The van der Waals surface area contributed by atoms with E-state index in [-0.39, 0.29) is 35.1 Å². The van der Waals surface area contributed by atoms with Crippen molar-refractivity contribution in [2.24, 2.45) is 0 Å². The number of halogens is 1. The first-order chi connectivity index (χ1) is 10.1. The second-order valence-corrected chi connectivity index (χ2v) is 5.21. The lowest BCUT2D eigenvalue weighted by molar-refractivity contribution is -0.683. The number of hydrogen-bond acceptors (Lipinski definition) is 3. The maximum atomic E-state index is 12.1. The first-order valence-electron chi connectivity index (χ1n) is 6.81. The number of pyridine rings is 1. The second-order valence-electron chi connectivity index (χ2n) is 5.21. The van der Waals surface area contributed by atoms with E-state index in [2.05, 4.69) is 0 Å². The first kappa shape index (κ1) is 18.2. The van der Waals surface area contributed by atoms with Gasteiger partial charge in [-0.3, -0.25) is 9.59 Å². The monoisotopic (exact) mass is 362 g/mol. The van der Waals surface area contributed by atoms with Crippen molar-refractivity contribution in [2.45, 2.75) is 6.54 Å². The molecule has 0 bridgehead atoms. The van der Waals surface area contributed by atoms with Gasteiger partial charge in [-0.05, 0) is 14.1 Å². The van der Waals surface area contributed by atoms with Gasteiger partial charge < -0.3 is 21.9 Å². The highest BCUT2D eigenvalue weighted by Gasteiger charge is 2.13. The Morgan fingerprint density at radius 2 is 1.45 bits per heavy atom. The van der Waals surface area contributed by atoms with Crippen LogP contribution < -0.4 is 21.5 Å². The Labute approximate surface area is 141 Å². The molecule has 116 valence electrons. The fourth-order valence-corrected chi connectivity index (χ4v) is 2.01. The molecule has 0 spiro atoms. The fourth-order valence-electron chi connectivity index (χ4n) is 2.01. The summed E-state index contributed by atoms with van der Waals surface area (Å²) in [6.07, 6.45) is 3.54. The maximum absolute atomic E-state index is 12.1. The number of carbonyl (C=O) groups is 2. The van der Waals surface area contributed by atoms with Gasteiger partial charge in [-0.15, -0.1) is 0 Å². The first-order valence-corrected chi connectivity index (χ1v) is 6.81. The molecule has 0 fully saturated rings. The van der Waals surface area contributed by atoms with E-state index >= 15 is 0 Å². The van der Waals surface area contributed by atoms with E-state index in [1.807, 2.05) is 37.2 Å². The Kier molecular flexibility index (Phi) is 7.08. The van der Waals surface area contributed by atoms with E-state index in [0.717, 1.165) is 0 Å². The average molecular weight is 363 g/mol. The third kappa shape index (κ3) is 5.16. The van der Waals surface area contributed by atoms with Gasteiger partial charge in [-0.25, -0.2) is 0 Å². The molecule has 22 heavy (non-hydrogen) atoms. The van der Waals surface area contributed by atoms with Gasteiger partial charge >= 0.3 is 0 Å². The molecule has 1 heterocycles. The fraction of sp³-hybridized carbons (Fsp3) is 0.235. The van der Waals surface area contributed by atoms with Gasteiger partial charge in [-0.2, -0.15) is 4.57 Å². The molecule has 0 aliphatic heterocycles. The normalized spacial score (nSPS) is 10.1. The van der Waals surface area contributed by atoms with Crippen LogP contribution in [0.3, 0.4) is 0 Å². The number of likely N-dealkylation sites (N-methyl/N-ethyl adjacent to an activating group) is 1. The molecule has 0 aliphatic carbocycles. The molecule has 0 unspecified atom stereocenters. The number of rotatable bonds is 6. The lowest BCUT2D eigenvalue weighted by Gasteiger charge is -2.07. The van der Waals surface area contributed by atoms with Crippen molar-refractivity contribution in [3.63, 3.8) is 0 Å². The summed E-state index contributed by atoms with van der Waals surface area (Å²) in [5.74, 6) is 0.120. The minimum Gasteiger partial charge on any atom is -1.00 e. The zero-order chi connectivity index (χ0) is 15.2. The summed E-state index contributed by atoms with van der Waals surface area (Å²) in [4.78, 5) is 25.8. The van der Waals surface area contributed by atoms with Gasteiger partial charge in [0, 0.05) is 23.3 Å². The number of ketones is 2. The zero-order valence-electron chi connectivity index (χ0n) is 12.7. The van der Waals surface area contributed by atoms with E-state index < -0.39 is 0 Å². The average Bonchev–Trinajstić information content (AvgIpc) is 2.48. The summed E-state index contributed by atoms with van der Waals surface area (Å²) < 4.78 is 1.78. The highest BCUT2D eigenvalue weighted by Crippen LogP contribution is 2.01. The predicted molar refractivity (Wildman–Crippen MR) is 80.3 cm³/mol. The van der Waals surface area contributed by atoms with Crippen LogP contribution in [0.2, 0.25) is 0 Å². The molecule has 0 atom stereocenters. The molecule has 0 radical (unpaired) electrons. The van der Waals surface area contributed by atoms with Crippen LogP contribution >= 0.6 is 0 Å². The quantitative estimate of drug-likeness (QED) is 0.469. The van der Waals surface area contributed by atoms with Crippen LogP contribution in [0.15, 0.2) is 54.9 Å². The van der Waals surface area contributed by atoms with Gasteiger partial charge in [0.2, 0.25) is 12.3 Å². The maximum Gasteiger partial charge on any atom is 0.227 e. The van der Waals surface area contributed by atoms with Gasteiger partial charge in [0.05, 0.1) is 6.54 Å². The predicted octanol–water partition coefficient (Wildman–Crippen LogP) is -1.39. The van der Waals surface area contributed by atoms with Gasteiger partial charge in [0.1, 0.15) is 0 Å². The summed E-state index contributed by atoms with van der Waals surface area (Å²) in [6.45, 7) is 0.652. The van der Waals surface area contributed by atoms with Crippen molar-refractivity contribution in [3.05, 3.63) is 66.0 Å². The van der Waals surface area contributed by atoms with E-state index in [4.69, 9.17) is 0 Å². The third-order valence-electron chi connectivity index (χ3n) is 3.09. The summed E-state index contributed by atoms with van der Waals surface area (Å²) in [6, 6.07) is 12.7. The highest BCUT2D eigenvalue weighted by molar-refractivity contribution is 5.97. The number of carbonyl (C=O) groups excluding carboxylic acids is 2. The van der Waals surface area contributed by atoms with Gasteiger partial charge in [-0.1, -0.05) is 30.3 Å². The number of hydrogen-bond donors (Lipinski definition) is 0. The summed E-state index contributed by atoms with van der Waals surface area (Å²) >= 11 is 0. The van der Waals surface area contributed by atoms with E-state index in [9.17, 15) is 9.59 Å². The minimum atomic E-state index is 0. The minimum absolute atomic E-state index is 0. The molecular weight excluding hydrogens is 344 g/mol. The molecular formula is C17H19BrN2O2. The van der Waals surface area contributed by atoms with E-state index in [0.29, 0.717) is 17.7 Å². The van der Waals surface area contributed by atoms with Crippen LogP contribution in [-0.4, -0.2) is 37.1 Å². The van der Waals surface area contributed by atoms with Crippen molar-refractivity contribution in [1.29, 1.82) is 0 Å². The van der Waals surface area contributed by atoms with Gasteiger partial charge in [0.25, 0.3) is 0 Å². The van der Waals surface area contributed by atoms with Crippen molar-refractivity contribution >= 4 is 11.6 Å².